The quantitative estimate of drug-likeness (QED) is 0.602. The van der Waals surface area contributed by atoms with Gasteiger partial charge in [-0.1, -0.05) is 12.3 Å². The van der Waals surface area contributed by atoms with Gasteiger partial charge in [-0.15, -0.1) is 0 Å². The van der Waals surface area contributed by atoms with Crippen LogP contribution in [0.2, 0.25) is 0 Å². The first-order valence-corrected chi connectivity index (χ1v) is 3.65. The normalized spacial score (nSPS) is 10.5. The van der Waals surface area contributed by atoms with Crippen molar-refractivity contribution in [2.24, 2.45) is 0 Å². The van der Waals surface area contributed by atoms with Crippen LogP contribution in [0, 0.1) is 0 Å². The smallest absolute Gasteiger partial charge is 0.0693 e. The number of nitrogens with zero attached hydrogens (tertiary/aromatic N) is 4. The zero-order valence-electron chi connectivity index (χ0n) is 6.49. The fourth-order valence-electron chi connectivity index (χ4n) is 1.31. The van der Waals surface area contributed by atoms with E-state index in [2.05, 4.69) is 15.1 Å². The first-order valence-electron chi connectivity index (χ1n) is 3.65. The molecule has 4 nitrogen and oxygen atoms in total. The Morgan fingerprint density at radius 3 is 3.15 bits per heavy atom. The van der Waals surface area contributed by atoms with Gasteiger partial charge in [0.05, 0.1) is 5.65 Å². The first-order chi connectivity index (χ1) is 5.95. The van der Waals surface area contributed by atoms with Gasteiger partial charge in [-0.25, -0.2) is 0 Å². The molecular formula is C8H5N4Pt-. The summed E-state index contributed by atoms with van der Waals surface area (Å²) in [4.78, 5) is 8.38. The predicted octanol–water partition coefficient (Wildman–Crippen LogP) is 0.837. The zero-order chi connectivity index (χ0) is 7.97. The van der Waals surface area contributed by atoms with E-state index in [-0.39, 0.29) is 21.1 Å². The molecule has 5 heteroatoms. The standard InChI is InChI=1S/C8H5N4.Pt/c1-3-9-8-6(1)5-10-7-2-4-11-12(7)8;/h1-5H;/q-1;. The molecule has 0 amide bonds. The summed E-state index contributed by atoms with van der Waals surface area (Å²) in [6, 6.07) is 3.78. The van der Waals surface area contributed by atoms with Gasteiger partial charge in [0, 0.05) is 33.5 Å². The van der Waals surface area contributed by atoms with Gasteiger partial charge < -0.3 is 9.50 Å². The molecule has 13 heavy (non-hydrogen) atoms. The molecule has 0 atom stereocenters. The molecule has 0 aliphatic carbocycles. The summed E-state index contributed by atoms with van der Waals surface area (Å²) in [6.07, 6.45) is 5.28. The number of hydrogen-bond donors (Lipinski definition) is 0. The Balaban J connectivity index is 0.000000653. The monoisotopic (exact) mass is 352 g/mol. The van der Waals surface area contributed by atoms with E-state index in [1.807, 2.05) is 12.1 Å². The van der Waals surface area contributed by atoms with Crippen LogP contribution < -0.4 is 4.98 Å². The number of hydrogen-bond acceptors (Lipinski definition) is 2. The maximum Gasteiger partial charge on any atom is 0.0693 e. The van der Waals surface area contributed by atoms with E-state index >= 15 is 0 Å². The second-order valence-corrected chi connectivity index (χ2v) is 2.58. The topological polar surface area (TPSA) is 44.3 Å². The van der Waals surface area contributed by atoms with Crippen molar-refractivity contribution in [3.05, 3.63) is 30.7 Å². The average molecular weight is 352 g/mol. The van der Waals surface area contributed by atoms with Crippen molar-refractivity contribution < 1.29 is 21.1 Å². The Hall–Kier alpha value is -1.15. The van der Waals surface area contributed by atoms with Gasteiger partial charge in [-0.2, -0.15) is 0 Å². The summed E-state index contributed by atoms with van der Waals surface area (Å²) in [5.74, 6) is 0. The van der Waals surface area contributed by atoms with Gasteiger partial charge in [0.25, 0.3) is 0 Å². The van der Waals surface area contributed by atoms with Crippen LogP contribution in [-0.4, -0.2) is 14.6 Å². The zero-order valence-corrected chi connectivity index (χ0v) is 8.76. The van der Waals surface area contributed by atoms with Crippen LogP contribution in [0.1, 0.15) is 0 Å². The molecule has 3 rings (SSSR count). The summed E-state index contributed by atoms with van der Waals surface area (Å²) < 4.78 is 1.73. The van der Waals surface area contributed by atoms with E-state index in [0.29, 0.717) is 0 Å². The summed E-state index contributed by atoms with van der Waals surface area (Å²) >= 11 is 0. The van der Waals surface area contributed by atoms with Gasteiger partial charge in [0.15, 0.2) is 0 Å². The van der Waals surface area contributed by atoms with Crippen molar-refractivity contribution in [1.29, 1.82) is 0 Å². The molecule has 0 aliphatic heterocycles. The van der Waals surface area contributed by atoms with Gasteiger partial charge in [-0.05, 0) is 17.1 Å². The van der Waals surface area contributed by atoms with E-state index in [9.17, 15) is 0 Å². The fraction of sp³-hybridized carbons (Fsp3) is 0. The van der Waals surface area contributed by atoms with Gasteiger partial charge in [0.2, 0.25) is 0 Å². The molecule has 0 fully saturated rings. The summed E-state index contributed by atoms with van der Waals surface area (Å²) in [5, 5.41) is 5.13. The van der Waals surface area contributed by atoms with Gasteiger partial charge >= 0.3 is 0 Å². The van der Waals surface area contributed by atoms with E-state index in [1.165, 1.54) is 0 Å². The molecule has 0 saturated carbocycles. The Labute approximate surface area is 88.2 Å². The molecule has 3 heterocycles. The fourth-order valence-corrected chi connectivity index (χ4v) is 1.31. The molecular weight excluding hydrogens is 347 g/mol. The van der Waals surface area contributed by atoms with Crippen molar-refractivity contribution in [1.82, 2.24) is 19.6 Å². The molecule has 0 spiro atoms. The van der Waals surface area contributed by atoms with Crippen LogP contribution in [0.4, 0.5) is 0 Å². The third-order valence-electron chi connectivity index (χ3n) is 1.87. The largest absolute Gasteiger partial charge is 0.441 e. The second kappa shape index (κ2) is 2.96. The maximum atomic E-state index is 4.20. The van der Waals surface area contributed by atoms with Crippen molar-refractivity contribution >= 4 is 16.7 Å². The molecule has 3 aromatic heterocycles. The van der Waals surface area contributed by atoms with Crippen molar-refractivity contribution in [3.63, 3.8) is 0 Å². The Kier molecular flexibility index (Phi) is 1.92. The molecule has 0 saturated heterocycles. The minimum Gasteiger partial charge on any atom is -0.441 e. The summed E-state index contributed by atoms with van der Waals surface area (Å²) in [6.45, 7) is 0. The predicted molar refractivity (Wildman–Crippen MR) is 43.8 cm³/mol. The second-order valence-electron chi connectivity index (χ2n) is 2.58. The third kappa shape index (κ3) is 1.10. The maximum absolute atomic E-state index is 4.20. The van der Waals surface area contributed by atoms with Gasteiger partial charge in [0.1, 0.15) is 0 Å². The Bertz CT molecular complexity index is 489. The van der Waals surface area contributed by atoms with Gasteiger partial charge in [-0.3, -0.25) is 10.1 Å². The molecule has 0 bridgehead atoms. The van der Waals surface area contributed by atoms with E-state index in [4.69, 9.17) is 0 Å². The Morgan fingerprint density at radius 1 is 1.31 bits per heavy atom. The summed E-state index contributed by atoms with van der Waals surface area (Å²) in [7, 11) is 0. The van der Waals surface area contributed by atoms with Crippen LogP contribution in [-0.2, 0) is 21.1 Å². The van der Waals surface area contributed by atoms with E-state index < -0.39 is 0 Å². The number of fused-ring (bicyclic) bond motifs is 3. The SMILES string of the molecule is [Pt].c1cc2ncc3cc[n-]c3n2n1. The summed E-state index contributed by atoms with van der Waals surface area (Å²) in [5.41, 5.74) is 1.70. The van der Waals surface area contributed by atoms with E-state index in [1.54, 1.807) is 23.1 Å². The third-order valence-corrected chi connectivity index (χ3v) is 1.87. The van der Waals surface area contributed by atoms with Crippen LogP contribution in [0.25, 0.3) is 16.7 Å². The van der Waals surface area contributed by atoms with Crippen molar-refractivity contribution in [3.8, 4) is 0 Å². The molecule has 0 aromatic carbocycles. The molecule has 3 aromatic rings. The molecule has 0 N–H and O–H groups in total. The average Bonchev–Trinajstić information content (AvgIpc) is 2.71. The van der Waals surface area contributed by atoms with Crippen LogP contribution in [0.3, 0.4) is 0 Å². The van der Waals surface area contributed by atoms with Crippen molar-refractivity contribution in [2.75, 3.05) is 0 Å². The molecule has 0 aliphatic rings. The van der Waals surface area contributed by atoms with Crippen LogP contribution in [0.5, 0.6) is 0 Å². The van der Waals surface area contributed by atoms with Crippen LogP contribution >= 0.6 is 0 Å². The minimum absolute atomic E-state index is 0. The minimum atomic E-state index is 0. The number of rotatable bonds is 0. The van der Waals surface area contributed by atoms with Crippen molar-refractivity contribution in [2.45, 2.75) is 0 Å². The molecule has 68 valence electrons. The van der Waals surface area contributed by atoms with E-state index in [0.717, 1.165) is 16.7 Å². The molecule has 0 unspecified atom stereocenters. The molecule has 0 radical (unpaired) electrons. The Morgan fingerprint density at radius 2 is 2.23 bits per heavy atom. The number of aromatic nitrogens is 4. The first kappa shape index (κ1) is 8.45. The van der Waals surface area contributed by atoms with Crippen LogP contribution in [0.15, 0.2) is 30.7 Å².